The normalized spacial score (nSPS) is 26.3. The molecule has 0 spiro atoms. The standard InChI is InChI=1S/C16H18N2O2/c19-15-11-14(17-12-7-3-1-4-8-12)16(20)18(15)13-9-5-2-6-10-13/h1-3,5-6,9-10,12,14,17H,4,7-8,11H2. The Hall–Kier alpha value is -1.94. The highest BCUT2D eigenvalue weighted by atomic mass is 16.2. The predicted octanol–water partition coefficient (Wildman–Crippen LogP) is 2.02. The first-order valence-corrected chi connectivity index (χ1v) is 7.08. The minimum absolute atomic E-state index is 0.120. The summed E-state index contributed by atoms with van der Waals surface area (Å²) in [6.45, 7) is 0. The van der Waals surface area contributed by atoms with Gasteiger partial charge in [0.1, 0.15) is 0 Å². The highest BCUT2D eigenvalue weighted by molar-refractivity contribution is 6.22. The summed E-state index contributed by atoms with van der Waals surface area (Å²) in [6.07, 6.45) is 7.55. The van der Waals surface area contributed by atoms with E-state index in [0.29, 0.717) is 11.7 Å². The van der Waals surface area contributed by atoms with Crippen molar-refractivity contribution in [1.29, 1.82) is 0 Å². The average Bonchev–Trinajstić information content (AvgIpc) is 2.75. The maximum Gasteiger partial charge on any atom is 0.251 e. The molecule has 2 amide bonds. The molecule has 1 aromatic carbocycles. The summed E-state index contributed by atoms with van der Waals surface area (Å²) >= 11 is 0. The molecule has 0 saturated carbocycles. The van der Waals surface area contributed by atoms with Crippen LogP contribution in [0.3, 0.4) is 0 Å². The zero-order chi connectivity index (χ0) is 13.9. The summed E-state index contributed by atoms with van der Waals surface area (Å²) in [5.74, 6) is -0.249. The van der Waals surface area contributed by atoms with E-state index >= 15 is 0 Å². The molecule has 1 saturated heterocycles. The smallest absolute Gasteiger partial charge is 0.251 e. The van der Waals surface area contributed by atoms with Crippen LogP contribution in [-0.2, 0) is 9.59 Å². The molecule has 104 valence electrons. The minimum atomic E-state index is -0.376. The third kappa shape index (κ3) is 2.51. The van der Waals surface area contributed by atoms with Crippen LogP contribution in [0.15, 0.2) is 42.5 Å². The monoisotopic (exact) mass is 270 g/mol. The summed E-state index contributed by atoms with van der Waals surface area (Å²) in [7, 11) is 0. The van der Waals surface area contributed by atoms with Gasteiger partial charge in [-0.1, -0.05) is 30.4 Å². The van der Waals surface area contributed by atoms with Gasteiger partial charge in [0.15, 0.2) is 0 Å². The van der Waals surface area contributed by atoms with Gasteiger partial charge in [-0.2, -0.15) is 0 Å². The van der Waals surface area contributed by atoms with E-state index in [0.717, 1.165) is 19.3 Å². The van der Waals surface area contributed by atoms with Crippen molar-refractivity contribution < 1.29 is 9.59 Å². The summed E-state index contributed by atoms with van der Waals surface area (Å²) < 4.78 is 0. The van der Waals surface area contributed by atoms with Crippen LogP contribution in [0.4, 0.5) is 5.69 Å². The molecular weight excluding hydrogens is 252 g/mol. The predicted molar refractivity (Wildman–Crippen MR) is 77.3 cm³/mol. The number of hydrogen-bond donors (Lipinski definition) is 1. The highest BCUT2D eigenvalue weighted by Gasteiger charge is 2.40. The van der Waals surface area contributed by atoms with Crippen LogP contribution < -0.4 is 10.2 Å². The number of allylic oxidation sites excluding steroid dienone is 1. The van der Waals surface area contributed by atoms with Crippen molar-refractivity contribution in [1.82, 2.24) is 5.32 Å². The quantitative estimate of drug-likeness (QED) is 0.675. The van der Waals surface area contributed by atoms with Crippen molar-refractivity contribution in [2.45, 2.75) is 37.8 Å². The van der Waals surface area contributed by atoms with Crippen molar-refractivity contribution in [3.05, 3.63) is 42.5 Å². The van der Waals surface area contributed by atoms with E-state index in [1.54, 1.807) is 12.1 Å². The Bertz CT molecular complexity index is 539. The zero-order valence-electron chi connectivity index (χ0n) is 11.3. The molecule has 0 bridgehead atoms. The van der Waals surface area contributed by atoms with Gasteiger partial charge in [-0.25, -0.2) is 4.90 Å². The van der Waals surface area contributed by atoms with E-state index in [9.17, 15) is 9.59 Å². The van der Waals surface area contributed by atoms with Crippen LogP contribution in [0.25, 0.3) is 0 Å². The first kappa shape index (κ1) is 13.1. The Kier molecular flexibility index (Phi) is 3.65. The van der Waals surface area contributed by atoms with Gasteiger partial charge in [0, 0.05) is 6.04 Å². The molecule has 2 atom stereocenters. The fourth-order valence-corrected chi connectivity index (χ4v) is 2.84. The lowest BCUT2D eigenvalue weighted by molar-refractivity contribution is -0.121. The molecule has 2 aliphatic rings. The number of amides is 2. The molecule has 3 rings (SSSR count). The third-order valence-electron chi connectivity index (χ3n) is 3.87. The average molecular weight is 270 g/mol. The SMILES string of the molecule is O=C1CC(NC2CC=CCC2)C(=O)N1c1ccccc1. The number of nitrogens with zero attached hydrogens (tertiary/aromatic N) is 1. The fourth-order valence-electron chi connectivity index (χ4n) is 2.84. The Morgan fingerprint density at radius 2 is 1.90 bits per heavy atom. The van der Waals surface area contributed by atoms with Crippen molar-refractivity contribution in [2.75, 3.05) is 4.90 Å². The molecule has 20 heavy (non-hydrogen) atoms. The molecule has 2 unspecified atom stereocenters. The molecule has 1 fully saturated rings. The van der Waals surface area contributed by atoms with Gasteiger partial charge in [0.2, 0.25) is 5.91 Å². The van der Waals surface area contributed by atoms with Crippen molar-refractivity contribution in [3.63, 3.8) is 0 Å². The number of para-hydroxylation sites is 1. The van der Waals surface area contributed by atoms with Crippen LogP contribution in [0, 0.1) is 0 Å². The van der Waals surface area contributed by atoms with Gasteiger partial charge >= 0.3 is 0 Å². The zero-order valence-corrected chi connectivity index (χ0v) is 11.3. The molecular formula is C16H18N2O2. The number of carbonyl (C=O) groups is 2. The number of nitrogens with one attached hydrogen (secondary N) is 1. The van der Waals surface area contributed by atoms with E-state index in [1.165, 1.54) is 4.90 Å². The third-order valence-corrected chi connectivity index (χ3v) is 3.87. The summed E-state index contributed by atoms with van der Waals surface area (Å²) in [6, 6.07) is 9.06. The second-order valence-electron chi connectivity index (χ2n) is 5.31. The number of imide groups is 1. The lowest BCUT2D eigenvalue weighted by atomic mass is 10.0. The Labute approximate surface area is 118 Å². The molecule has 1 heterocycles. The number of hydrogen-bond acceptors (Lipinski definition) is 3. The van der Waals surface area contributed by atoms with Crippen LogP contribution in [0.1, 0.15) is 25.7 Å². The van der Waals surface area contributed by atoms with Gasteiger partial charge in [-0.05, 0) is 31.4 Å². The second-order valence-corrected chi connectivity index (χ2v) is 5.31. The molecule has 1 aliphatic heterocycles. The maximum absolute atomic E-state index is 12.4. The van der Waals surface area contributed by atoms with Crippen LogP contribution in [0.2, 0.25) is 0 Å². The topological polar surface area (TPSA) is 49.4 Å². The van der Waals surface area contributed by atoms with Gasteiger partial charge in [0.05, 0.1) is 18.2 Å². The van der Waals surface area contributed by atoms with E-state index < -0.39 is 0 Å². The Morgan fingerprint density at radius 1 is 1.10 bits per heavy atom. The number of carbonyl (C=O) groups excluding carboxylic acids is 2. The van der Waals surface area contributed by atoms with E-state index in [2.05, 4.69) is 17.5 Å². The molecule has 1 aromatic rings. The second kappa shape index (κ2) is 5.59. The van der Waals surface area contributed by atoms with Crippen LogP contribution in [-0.4, -0.2) is 23.9 Å². The highest BCUT2D eigenvalue weighted by Crippen LogP contribution is 2.23. The van der Waals surface area contributed by atoms with Crippen LogP contribution >= 0.6 is 0 Å². The largest absolute Gasteiger partial charge is 0.302 e. The molecule has 1 aliphatic carbocycles. The Morgan fingerprint density at radius 3 is 2.60 bits per heavy atom. The van der Waals surface area contributed by atoms with Crippen molar-refractivity contribution in [2.24, 2.45) is 0 Å². The Balaban J connectivity index is 1.72. The first-order valence-electron chi connectivity index (χ1n) is 7.08. The van der Waals surface area contributed by atoms with E-state index in [-0.39, 0.29) is 24.3 Å². The lowest BCUT2D eigenvalue weighted by Crippen LogP contribution is -2.44. The number of benzene rings is 1. The fraction of sp³-hybridized carbons (Fsp3) is 0.375. The summed E-state index contributed by atoms with van der Waals surface area (Å²) in [5, 5.41) is 3.33. The minimum Gasteiger partial charge on any atom is -0.302 e. The number of anilines is 1. The summed E-state index contributed by atoms with van der Waals surface area (Å²) in [4.78, 5) is 25.8. The summed E-state index contributed by atoms with van der Waals surface area (Å²) in [5.41, 5.74) is 0.662. The van der Waals surface area contributed by atoms with Gasteiger partial charge < -0.3 is 5.32 Å². The van der Waals surface area contributed by atoms with E-state index in [4.69, 9.17) is 0 Å². The first-order chi connectivity index (χ1) is 9.75. The van der Waals surface area contributed by atoms with Crippen LogP contribution in [0.5, 0.6) is 0 Å². The van der Waals surface area contributed by atoms with Crippen molar-refractivity contribution >= 4 is 17.5 Å². The molecule has 0 radical (unpaired) electrons. The molecule has 1 N–H and O–H groups in total. The van der Waals surface area contributed by atoms with Gasteiger partial charge in [-0.3, -0.25) is 9.59 Å². The van der Waals surface area contributed by atoms with Gasteiger partial charge in [-0.15, -0.1) is 0 Å². The van der Waals surface area contributed by atoms with Crippen molar-refractivity contribution in [3.8, 4) is 0 Å². The van der Waals surface area contributed by atoms with E-state index in [1.807, 2.05) is 18.2 Å². The van der Waals surface area contributed by atoms with Gasteiger partial charge in [0.25, 0.3) is 5.91 Å². The number of rotatable bonds is 3. The molecule has 4 heteroatoms. The molecule has 0 aromatic heterocycles. The lowest BCUT2D eigenvalue weighted by Gasteiger charge is -2.22. The molecule has 4 nitrogen and oxygen atoms in total. The maximum atomic E-state index is 12.4.